The van der Waals surface area contributed by atoms with Crippen LogP contribution in [-0.4, -0.2) is 29.0 Å². The average molecular weight is 386 g/mol. The summed E-state index contributed by atoms with van der Waals surface area (Å²) in [4.78, 5) is 36.4. The van der Waals surface area contributed by atoms with Gasteiger partial charge < -0.3 is 9.84 Å². The van der Waals surface area contributed by atoms with Crippen molar-refractivity contribution in [2.45, 2.75) is 51.0 Å². The lowest BCUT2D eigenvalue weighted by Gasteiger charge is -2.27. The highest BCUT2D eigenvalue weighted by atomic mass is 16.5. The van der Waals surface area contributed by atoms with Crippen LogP contribution in [-0.2, 0) is 9.59 Å². The molecule has 7 nitrogen and oxygen atoms in total. The van der Waals surface area contributed by atoms with Crippen molar-refractivity contribution in [3.05, 3.63) is 29.8 Å². The zero-order chi connectivity index (χ0) is 19.7. The van der Waals surface area contributed by atoms with Gasteiger partial charge in [0.05, 0.1) is 17.9 Å². The molecule has 2 amide bonds. The van der Waals surface area contributed by atoms with Gasteiger partial charge in [-0.3, -0.25) is 25.2 Å². The molecule has 0 saturated heterocycles. The molecule has 4 rings (SSSR count). The third-order valence-corrected chi connectivity index (χ3v) is 6.52. The molecule has 0 unspecified atom stereocenters. The number of benzene rings is 1. The largest absolute Gasteiger partial charge is 0.490 e. The first-order chi connectivity index (χ1) is 13.5. The summed E-state index contributed by atoms with van der Waals surface area (Å²) in [5.41, 5.74) is 5.25. The number of nitrogens with one attached hydrogen (secondary N) is 2. The number of carboxylic acid groups (broad SMARTS) is 1. The van der Waals surface area contributed by atoms with Crippen LogP contribution in [0.2, 0.25) is 0 Å². The maximum atomic E-state index is 12.5. The summed E-state index contributed by atoms with van der Waals surface area (Å²) in [5.74, 6) is -2.09. The first kappa shape index (κ1) is 18.8. The van der Waals surface area contributed by atoms with Crippen molar-refractivity contribution in [1.82, 2.24) is 10.9 Å². The van der Waals surface area contributed by atoms with E-state index in [2.05, 4.69) is 10.9 Å². The van der Waals surface area contributed by atoms with Gasteiger partial charge in [0.15, 0.2) is 0 Å². The lowest BCUT2D eigenvalue weighted by molar-refractivity contribution is -0.149. The van der Waals surface area contributed by atoms with Crippen LogP contribution < -0.4 is 15.6 Å². The lowest BCUT2D eigenvalue weighted by Crippen LogP contribution is -2.48. The fourth-order valence-corrected chi connectivity index (χ4v) is 5.18. The minimum absolute atomic E-state index is 0.0707. The fourth-order valence-electron chi connectivity index (χ4n) is 5.18. The molecule has 0 aliphatic heterocycles. The summed E-state index contributed by atoms with van der Waals surface area (Å²) in [6.45, 7) is 0. The maximum Gasteiger partial charge on any atom is 0.307 e. The lowest BCUT2D eigenvalue weighted by atomic mass is 9.79. The van der Waals surface area contributed by atoms with Gasteiger partial charge >= 0.3 is 5.97 Å². The number of carbonyl (C=O) groups is 3. The highest BCUT2D eigenvalue weighted by molar-refractivity contribution is 5.96. The second-order valence-electron chi connectivity index (χ2n) is 8.22. The van der Waals surface area contributed by atoms with Gasteiger partial charge in [0.2, 0.25) is 5.91 Å². The molecule has 0 heterocycles. The van der Waals surface area contributed by atoms with E-state index in [1.165, 1.54) is 12.8 Å². The Kier molecular flexibility index (Phi) is 5.24. The molecule has 0 radical (unpaired) electrons. The maximum absolute atomic E-state index is 12.5. The molecular weight excluding hydrogens is 360 g/mol. The molecule has 3 N–H and O–H groups in total. The van der Waals surface area contributed by atoms with E-state index in [-0.39, 0.29) is 17.9 Å². The Bertz CT molecular complexity index is 757. The molecule has 3 aliphatic carbocycles. The minimum Gasteiger partial charge on any atom is -0.490 e. The van der Waals surface area contributed by atoms with Crippen LogP contribution in [0.25, 0.3) is 0 Å². The Morgan fingerprint density at radius 3 is 2.18 bits per heavy atom. The molecule has 3 fully saturated rings. The van der Waals surface area contributed by atoms with Crippen molar-refractivity contribution in [3.8, 4) is 5.75 Å². The zero-order valence-corrected chi connectivity index (χ0v) is 15.7. The van der Waals surface area contributed by atoms with Crippen LogP contribution in [0.3, 0.4) is 0 Å². The number of hydrazine groups is 1. The Labute approximate surface area is 163 Å². The molecule has 0 aromatic heterocycles. The molecule has 4 atom stereocenters. The number of amides is 2. The van der Waals surface area contributed by atoms with Gasteiger partial charge in [-0.1, -0.05) is 0 Å². The molecule has 150 valence electrons. The minimum atomic E-state index is -0.920. The zero-order valence-electron chi connectivity index (χ0n) is 15.7. The molecule has 0 spiro atoms. The number of hydrogen-bond acceptors (Lipinski definition) is 4. The van der Waals surface area contributed by atoms with Crippen molar-refractivity contribution in [3.63, 3.8) is 0 Å². The van der Waals surface area contributed by atoms with Gasteiger partial charge in [-0.2, -0.15) is 0 Å². The third-order valence-electron chi connectivity index (χ3n) is 6.52. The molecule has 7 heteroatoms. The topological polar surface area (TPSA) is 105 Å². The number of carbonyl (C=O) groups excluding carboxylic acids is 2. The number of hydrogen-bond donors (Lipinski definition) is 3. The molecule has 3 aliphatic rings. The summed E-state index contributed by atoms with van der Waals surface area (Å²) in [6, 6.07) is 6.82. The highest BCUT2D eigenvalue weighted by Gasteiger charge is 2.54. The summed E-state index contributed by atoms with van der Waals surface area (Å²) >= 11 is 0. The van der Waals surface area contributed by atoms with Crippen LogP contribution in [0.5, 0.6) is 5.75 Å². The van der Waals surface area contributed by atoms with E-state index in [0.717, 1.165) is 37.9 Å². The van der Waals surface area contributed by atoms with Crippen LogP contribution in [0.4, 0.5) is 0 Å². The summed E-state index contributed by atoms with van der Waals surface area (Å²) in [7, 11) is 0. The van der Waals surface area contributed by atoms with Crippen molar-refractivity contribution >= 4 is 17.8 Å². The van der Waals surface area contributed by atoms with E-state index in [9.17, 15) is 19.5 Å². The van der Waals surface area contributed by atoms with Crippen molar-refractivity contribution in [2.75, 3.05) is 0 Å². The van der Waals surface area contributed by atoms with Gasteiger partial charge in [0.1, 0.15) is 5.75 Å². The first-order valence-electron chi connectivity index (χ1n) is 10.1. The van der Waals surface area contributed by atoms with E-state index in [1.807, 2.05) is 0 Å². The molecule has 2 bridgehead atoms. The van der Waals surface area contributed by atoms with Crippen molar-refractivity contribution < 1.29 is 24.2 Å². The van der Waals surface area contributed by atoms with Gasteiger partial charge in [0.25, 0.3) is 5.91 Å². The van der Waals surface area contributed by atoms with Gasteiger partial charge in [0, 0.05) is 5.56 Å². The van der Waals surface area contributed by atoms with Gasteiger partial charge in [-0.25, -0.2) is 0 Å². The Hall–Kier alpha value is -2.57. The number of ether oxygens (including phenoxy) is 1. The number of rotatable bonds is 5. The molecule has 1 aromatic carbocycles. The smallest absolute Gasteiger partial charge is 0.307 e. The van der Waals surface area contributed by atoms with E-state index < -0.39 is 29.6 Å². The summed E-state index contributed by atoms with van der Waals surface area (Å²) < 4.78 is 5.88. The average Bonchev–Trinajstić information content (AvgIpc) is 3.43. The highest BCUT2D eigenvalue weighted by Crippen LogP contribution is 2.52. The SMILES string of the molecule is O=C(NNC(=O)[C@H]1[C@H]2CC[C@H](C2)[C@@H]1C(=O)O)c1ccc(OC2CCCC2)cc1. The fraction of sp³-hybridized carbons (Fsp3) is 0.571. The molecule has 3 saturated carbocycles. The number of fused-ring (bicyclic) bond motifs is 2. The van der Waals surface area contributed by atoms with Gasteiger partial charge in [-0.15, -0.1) is 0 Å². The Morgan fingerprint density at radius 2 is 1.54 bits per heavy atom. The first-order valence-corrected chi connectivity index (χ1v) is 10.1. The van der Waals surface area contributed by atoms with Crippen molar-refractivity contribution in [1.29, 1.82) is 0 Å². The summed E-state index contributed by atoms with van der Waals surface area (Å²) in [6.07, 6.45) is 7.29. The van der Waals surface area contributed by atoms with Crippen LogP contribution in [0, 0.1) is 23.7 Å². The van der Waals surface area contributed by atoms with E-state index in [4.69, 9.17) is 4.74 Å². The number of carboxylic acids is 1. The van der Waals surface area contributed by atoms with E-state index in [1.54, 1.807) is 24.3 Å². The number of aliphatic carboxylic acids is 1. The van der Waals surface area contributed by atoms with E-state index in [0.29, 0.717) is 5.56 Å². The summed E-state index contributed by atoms with van der Waals surface area (Å²) in [5, 5.41) is 9.46. The van der Waals surface area contributed by atoms with Crippen LogP contribution in [0.15, 0.2) is 24.3 Å². The molecule has 1 aromatic rings. The van der Waals surface area contributed by atoms with Crippen LogP contribution in [0.1, 0.15) is 55.3 Å². The second kappa shape index (κ2) is 7.81. The molecule has 28 heavy (non-hydrogen) atoms. The third kappa shape index (κ3) is 3.70. The predicted molar refractivity (Wildman–Crippen MR) is 100 cm³/mol. The Morgan fingerprint density at radius 1 is 0.893 bits per heavy atom. The normalized spacial score (nSPS) is 28.9. The standard InChI is InChI=1S/C21H26N2O5/c24-19(12-7-9-16(10-8-12)28-15-3-1-2-4-15)22-23-20(25)17-13-5-6-14(11-13)18(17)21(26)27/h7-10,13-15,17-18H,1-6,11H2,(H,22,24)(H,23,25)(H,26,27)/t13-,14+,17-,18-/m0/s1. The predicted octanol–water partition coefficient (Wildman–Crippen LogP) is 2.52. The van der Waals surface area contributed by atoms with E-state index >= 15 is 0 Å². The monoisotopic (exact) mass is 386 g/mol. The molecular formula is C21H26N2O5. The van der Waals surface area contributed by atoms with Crippen molar-refractivity contribution in [2.24, 2.45) is 23.7 Å². The second-order valence-corrected chi connectivity index (χ2v) is 8.22. The quantitative estimate of drug-likeness (QED) is 0.675. The van der Waals surface area contributed by atoms with Crippen LogP contribution >= 0.6 is 0 Å². The van der Waals surface area contributed by atoms with Gasteiger partial charge in [-0.05, 0) is 81.0 Å². The Balaban J connectivity index is 1.31.